The Hall–Kier alpha value is -1.63. The standard InChI is InChI=1S/C13H14ClN3O2S/c1-15-20(18,19)12-4-2-11(3-5-12)17-13-8-10(9-14)6-7-16-13/h2-8,15H,9H2,1H3,(H,16,17). The third-order valence-electron chi connectivity index (χ3n) is 2.68. The molecule has 0 spiro atoms. The number of pyridine rings is 1. The average Bonchev–Trinajstić information content (AvgIpc) is 2.48. The number of anilines is 2. The van der Waals surface area contributed by atoms with Gasteiger partial charge in [0.15, 0.2) is 0 Å². The fraction of sp³-hybridized carbons (Fsp3) is 0.154. The Labute approximate surface area is 123 Å². The van der Waals surface area contributed by atoms with Crippen molar-refractivity contribution < 1.29 is 8.42 Å². The lowest BCUT2D eigenvalue weighted by Crippen LogP contribution is -2.18. The number of halogens is 1. The highest BCUT2D eigenvalue weighted by Crippen LogP contribution is 2.18. The highest BCUT2D eigenvalue weighted by Gasteiger charge is 2.10. The van der Waals surface area contributed by atoms with Gasteiger partial charge in [0.1, 0.15) is 5.82 Å². The number of nitrogens with zero attached hydrogens (tertiary/aromatic N) is 1. The van der Waals surface area contributed by atoms with Crippen molar-refractivity contribution in [1.82, 2.24) is 9.71 Å². The Morgan fingerprint density at radius 1 is 1.20 bits per heavy atom. The molecule has 0 saturated heterocycles. The number of aromatic nitrogens is 1. The zero-order valence-electron chi connectivity index (χ0n) is 10.8. The lowest BCUT2D eigenvalue weighted by Gasteiger charge is -2.08. The third kappa shape index (κ3) is 3.47. The molecule has 7 heteroatoms. The van der Waals surface area contributed by atoms with Crippen molar-refractivity contribution in [1.29, 1.82) is 0 Å². The molecule has 1 aromatic carbocycles. The highest BCUT2D eigenvalue weighted by atomic mass is 35.5. The Kier molecular flexibility index (Phi) is 4.59. The monoisotopic (exact) mass is 311 g/mol. The van der Waals surface area contributed by atoms with Gasteiger partial charge in [-0.25, -0.2) is 18.1 Å². The van der Waals surface area contributed by atoms with E-state index in [2.05, 4.69) is 15.0 Å². The van der Waals surface area contributed by atoms with Gasteiger partial charge in [-0.15, -0.1) is 11.6 Å². The van der Waals surface area contributed by atoms with E-state index in [1.165, 1.54) is 19.2 Å². The zero-order chi connectivity index (χ0) is 14.6. The predicted molar refractivity (Wildman–Crippen MR) is 79.8 cm³/mol. The van der Waals surface area contributed by atoms with Gasteiger partial charge in [0, 0.05) is 17.8 Å². The van der Waals surface area contributed by atoms with Gasteiger partial charge in [-0.3, -0.25) is 0 Å². The average molecular weight is 312 g/mol. The molecule has 0 atom stereocenters. The number of benzene rings is 1. The summed E-state index contributed by atoms with van der Waals surface area (Å²) in [5.74, 6) is 1.07. The van der Waals surface area contributed by atoms with Crippen LogP contribution in [0.15, 0.2) is 47.5 Å². The molecular formula is C13H14ClN3O2S. The maximum atomic E-state index is 11.6. The molecule has 106 valence electrons. The van der Waals surface area contributed by atoms with E-state index in [9.17, 15) is 8.42 Å². The normalized spacial score (nSPS) is 11.3. The molecule has 2 aromatic rings. The maximum Gasteiger partial charge on any atom is 0.240 e. The number of hydrogen-bond acceptors (Lipinski definition) is 4. The van der Waals surface area contributed by atoms with E-state index in [1.54, 1.807) is 18.3 Å². The van der Waals surface area contributed by atoms with Gasteiger partial charge in [0.25, 0.3) is 0 Å². The summed E-state index contributed by atoms with van der Waals surface area (Å²) in [6.07, 6.45) is 1.67. The van der Waals surface area contributed by atoms with Crippen molar-refractivity contribution in [3.8, 4) is 0 Å². The molecule has 0 saturated carbocycles. The summed E-state index contributed by atoms with van der Waals surface area (Å²) in [7, 11) is -2.03. The van der Waals surface area contributed by atoms with Gasteiger partial charge in [0.2, 0.25) is 10.0 Å². The molecule has 2 rings (SSSR count). The Morgan fingerprint density at radius 3 is 2.50 bits per heavy atom. The van der Waals surface area contributed by atoms with Gasteiger partial charge in [-0.1, -0.05) is 0 Å². The number of sulfonamides is 1. The van der Waals surface area contributed by atoms with E-state index in [0.29, 0.717) is 11.7 Å². The van der Waals surface area contributed by atoms with E-state index >= 15 is 0 Å². The van der Waals surface area contributed by atoms with Crippen LogP contribution in [-0.4, -0.2) is 20.4 Å². The zero-order valence-corrected chi connectivity index (χ0v) is 12.4. The summed E-state index contributed by atoms with van der Waals surface area (Å²) in [5.41, 5.74) is 1.71. The summed E-state index contributed by atoms with van der Waals surface area (Å²) < 4.78 is 25.5. The summed E-state index contributed by atoms with van der Waals surface area (Å²) in [4.78, 5) is 4.39. The Bertz CT molecular complexity index is 687. The van der Waals surface area contributed by atoms with Crippen molar-refractivity contribution in [3.05, 3.63) is 48.2 Å². The predicted octanol–water partition coefficient (Wildman–Crippen LogP) is 2.47. The molecule has 2 N–H and O–H groups in total. The highest BCUT2D eigenvalue weighted by molar-refractivity contribution is 7.89. The summed E-state index contributed by atoms with van der Waals surface area (Å²) in [6, 6.07) is 10.1. The van der Waals surface area contributed by atoms with Crippen LogP contribution in [0, 0.1) is 0 Å². The van der Waals surface area contributed by atoms with E-state index in [-0.39, 0.29) is 4.90 Å². The second-order valence-corrected chi connectivity index (χ2v) is 6.19. The van der Waals surface area contributed by atoms with Crippen LogP contribution in [0.2, 0.25) is 0 Å². The molecule has 20 heavy (non-hydrogen) atoms. The molecule has 0 unspecified atom stereocenters. The number of nitrogens with one attached hydrogen (secondary N) is 2. The number of alkyl halides is 1. The van der Waals surface area contributed by atoms with Crippen molar-refractivity contribution >= 4 is 33.1 Å². The Morgan fingerprint density at radius 2 is 1.90 bits per heavy atom. The second kappa shape index (κ2) is 6.21. The summed E-state index contributed by atoms with van der Waals surface area (Å²) in [6.45, 7) is 0. The van der Waals surface area contributed by atoms with Gasteiger partial charge in [-0.05, 0) is 49.0 Å². The quantitative estimate of drug-likeness (QED) is 0.832. The van der Waals surface area contributed by atoms with Crippen LogP contribution in [0.3, 0.4) is 0 Å². The lowest BCUT2D eigenvalue weighted by atomic mass is 10.3. The van der Waals surface area contributed by atoms with E-state index in [0.717, 1.165) is 11.3 Å². The van der Waals surface area contributed by atoms with E-state index in [4.69, 9.17) is 11.6 Å². The fourth-order valence-corrected chi connectivity index (χ4v) is 2.51. The van der Waals surface area contributed by atoms with Crippen LogP contribution in [-0.2, 0) is 15.9 Å². The minimum atomic E-state index is -3.41. The van der Waals surface area contributed by atoms with Crippen molar-refractivity contribution in [3.63, 3.8) is 0 Å². The van der Waals surface area contributed by atoms with Crippen molar-refractivity contribution in [2.24, 2.45) is 0 Å². The van der Waals surface area contributed by atoms with Gasteiger partial charge in [0.05, 0.1) is 4.90 Å². The molecule has 0 radical (unpaired) electrons. The van der Waals surface area contributed by atoms with Gasteiger partial charge < -0.3 is 5.32 Å². The lowest BCUT2D eigenvalue weighted by molar-refractivity contribution is 0.588. The number of rotatable bonds is 5. The molecule has 0 amide bonds. The molecule has 0 aliphatic heterocycles. The molecular weight excluding hydrogens is 298 g/mol. The molecule has 0 fully saturated rings. The first-order chi connectivity index (χ1) is 9.55. The van der Waals surface area contributed by atoms with Crippen molar-refractivity contribution in [2.75, 3.05) is 12.4 Å². The summed E-state index contributed by atoms with van der Waals surface area (Å²) in [5, 5.41) is 3.09. The first-order valence-electron chi connectivity index (χ1n) is 5.86. The smallest absolute Gasteiger partial charge is 0.240 e. The fourth-order valence-electron chi connectivity index (χ4n) is 1.61. The molecule has 1 aromatic heterocycles. The second-order valence-electron chi connectivity index (χ2n) is 4.04. The van der Waals surface area contributed by atoms with Gasteiger partial charge >= 0.3 is 0 Å². The first kappa shape index (κ1) is 14.8. The first-order valence-corrected chi connectivity index (χ1v) is 7.88. The van der Waals surface area contributed by atoms with Gasteiger partial charge in [-0.2, -0.15) is 0 Å². The van der Waals surface area contributed by atoms with Crippen LogP contribution in [0.25, 0.3) is 0 Å². The number of hydrogen-bond donors (Lipinski definition) is 2. The minimum absolute atomic E-state index is 0.216. The van der Waals surface area contributed by atoms with Crippen LogP contribution in [0.4, 0.5) is 11.5 Å². The van der Waals surface area contributed by atoms with E-state index in [1.807, 2.05) is 12.1 Å². The minimum Gasteiger partial charge on any atom is -0.340 e. The van der Waals surface area contributed by atoms with E-state index < -0.39 is 10.0 Å². The SMILES string of the molecule is CNS(=O)(=O)c1ccc(Nc2cc(CCl)ccn2)cc1. The molecule has 1 heterocycles. The molecule has 0 bridgehead atoms. The largest absolute Gasteiger partial charge is 0.340 e. The summed E-state index contributed by atoms with van der Waals surface area (Å²) >= 11 is 5.76. The van der Waals surface area contributed by atoms with Crippen LogP contribution >= 0.6 is 11.6 Å². The van der Waals surface area contributed by atoms with Crippen LogP contribution in [0.1, 0.15) is 5.56 Å². The van der Waals surface area contributed by atoms with Crippen molar-refractivity contribution in [2.45, 2.75) is 10.8 Å². The third-order valence-corrected chi connectivity index (χ3v) is 4.42. The molecule has 0 aliphatic rings. The van der Waals surface area contributed by atoms with Crippen LogP contribution < -0.4 is 10.0 Å². The van der Waals surface area contributed by atoms with Crippen LogP contribution in [0.5, 0.6) is 0 Å². The topological polar surface area (TPSA) is 71.1 Å². The Balaban J connectivity index is 2.18. The molecule has 0 aliphatic carbocycles. The molecule has 5 nitrogen and oxygen atoms in total. The maximum absolute atomic E-state index is 11.6.